The molecule has 0 bridgehead atoms. The molecule has 1 aromatic carbocycles. The summed E-state index contributed by atoms with van der Waals surface area (Å²) in [6.45, 7) is 5.18. The smallest absolute Gasteiger partial charge is 0.422 e. The second-order valence-corrected chi connectivity index (χ2v) is 5.35. The first-order valence-corrected chi connectivity index (χ1v) is 6.50. The number of carbonyl (C=O) groups is 2. The third-order valence-electron chi connectivity index (χ3n) is 2.78. The SMILES string of the molecule is C=CC[C@@]1(C)OC(=O)N(c2ccccc2I)C1=O. The molecule has 0 N–H and O–H groups in total. The molecule has 0 spiro atoms. The van der Waals surface area contributed by atoms with Gasteiger partial charge in [0.1, 0.15) is 0 Å². The van der Waals surface area contributed by atoms with Gasteiger partial charge in [-0.25, -0.2) is 9.69 Å². The first-order chi connectivity index (χ1) is 8.49. The van der Waals surface area contributed by atoms with Gasteiger partial charge in [-0.3, -0.25) is 4.79 Å². The lowest BCUT2D eigenvalue weighted by Gasteiger charge is -2.18. The minimum atomic E-state index is -1.14. The lowest BCUT2D eigenvalue weighted by atomic mass is 10.0. The molecule has 2 amide bonds. The van der Waals surface area contributed by atoms with Gasteiger partial charge < -0.3 is 4.74 Å². The van der Waals surface area contributed by atoms with Gasteiger partial charge in [0.05, 0.1) is 5.69 Å². The Morgan fingerprint density at radius 3 is 2.72 bits per heavy atom. The number of rotatable bonds is 3. The van der Waals surface area contributed by atoms with Crippen molar-refractivity contribution in [3.05, 3.63) is 40.5 Å². The zero-order valence-corrected chi connectivity index (χ0v) is 12.0. The molecule has 0 radical (unpaired) electrons. The molecular formula is C13H12INO3. The van der Waals surface area contributed by atoms with Gasteiger partial charge in [0, 0.05) is 9.99 Å². The van der Waals surface area contributed by atoms with Gasteiger partial charge >= 0.3 is 6.09 Å². The molecule has 1 aliphatic rings. The molecule has 1 aliphatic heterocycles. The quantitative estimate of drug-likeness (QED) is 0.617. The molecule has 0 unspecified atom stereocenters. The molecule has 1 saturated heterocycles. The van der Waals surface area contributed by atoms with E-state index < -0.39 is 11.7 Å². The average molecular weight is 357 g/mol. The summed E-state index contributed by atoms with van der Waals surface area (Å²) < 4.78 is 6.01. The highest BCUT2D eigenvalue weighted by atomic mass is 127. The largest absolute Gasteiger partial charge is 0.432 e. The summed E-state index contributed by atoms with van der Waals surface area (Å²) in [5.41, 5.74) is -0.585. The lowest BCUT2D eigenvalue weighted by molar-refractivity contribution is -0.128. The molecule has 2 rings (SSSR count). The summed E-state index contributed by atoms with van der Waals surface area (Å²) >= 11 is 2.08. The summed E-state index contributed by atoms with van der Waals surface area (Å²) in [4.78, 5) is 25.3. The van der Waals surface area contributed by atoms with Gasteiger partial charge in [-0.15, -0.1) is 6.58 Å². The zero-order chi connectivity index (χ0) is 13.3. The van der Waals surface area contributed by atoms with E-state index in [0.717, 1.165) is 8.47 Å². The summed E-state index contributed by atoms with van der Waals surface area (Å²) in [7, 11) is 0. The Hall–Kier alpha value is -1.37. The highest BCUT2D eigenvalue weighted by Crippen LogP contribution is 2.33. The highest BCUT2D eigenvalue weighted by molar-refractivity contribution is 14.1. The van der Waals surface area contributed by atoms with E-state index >= 15 is 0 Å². The third-order valence-corrected chi connectivity index (χ3v) is 3.69. The van der Waals surface area contributed by atoms with Crippen molar-refractivity contribution in [1.82, 2.24) is 0 Å². The molecule has 18 heavy (non-hydrogen) atoms. The Labute approximate surface area is 119 Å². The fourth-order valence-electron chi connectivity index (χ4n) is 1.85. The summed E-state index contributed by atoms with van der Waals surface area (Å²) in [5, 5.41) is 0. The average Bonchev–Trinajstić information content (AvgIpc) is 2.52. The number of amides is 2. The summed E-state index contributed by atoms with van der Waals surface area (Å²) in [6, 6.07) is 7.18. The van der Waals surface area contributed by atoms with Crippen molar-refractivity contribution in [2.24, 2.45) is 0 Å². The van der Waals surface area contributed by atoms with Crippen LogP contribution in [-0.4, -0.2) is 17.6 Å². The predicted molar refractivity (Wildman–Crippen MR) is 76.3 cm³/mol. The van der Waals surface area contributed by atoms with Gasteiger partial charge in [0.25, 0.3) is 5.91 Å². The van der Waals surface area contributed by atoms with E-state index in [-0.39, 0.29) is 5.91 Å². The van der Waals surface area contributed by atoms with Crippen molar-refractivity contribution >= 4 is 40.3 Å². The van der Waals surface area contributed by atoms with Crippen molar-refractivity contribution in [2.75, 3.05) is 4.90 Å². The molecule has 1 fully saturated rings. The Morgan fingerprint density at radius 1 is 1.44 bits per heavy atom. The van der Waals surface area contributed by atoms with E-state index in [4.69, 9.17) is 4.74 Å². The van der Waals surface area contributed by atoms with Crippen LogP contribution in [0.3, 0.4) is 0 Å². The maximum absolute atomic E-state index is 12.3. The molecular weight excluding hydrogens is 345 g/mol. The van der Waals surface area contributed by atoms with E-state index in [1.807, 2.05) is 12.1 Å². The van der Waals surface area contributed by atoms with Crippen LogP contribution in [0.4, 0.5) is 10.5 Å². The van der Waals surface area contributed by atoms with Crippen LogP contribution in [0.15, 0.2) is 36.9 Å². The lowest BCUT2D eigenvalue weighted by Crippen LogP contribution is -2.38. The first kappa shape index (κ1) is 13.1. The maximum Gasteiger partial charge on any atom is 0.422 e. The number of cyclic esters (lactones) is 1. The standard InChI is InChI=1S/C13H12INO3/c1-3-8-13(2)11(16)15(12(17)18-13)10-7-5-4-6-9(10)14/h3-7H,1,8H2,2H3/t13-/m1/s1. The number of para-hydroxylation sites is 1. The fourth-order valence-corrected chi connectivity index (χ4v) is 2.48. The molecule has 94 valence electrons. The van der Waals surface area contributed by atoms with Crippen molar-refractivity contribution in [2.45, 2.75) is 18.9 Å². The second-order valence-electron chi connectivity index (χ2n) is 4.18. The number of hydrogen-bond acceptors (Lipinski definition) is 3. The third kappa shape index (κ3) is 2.03. The van der Waals surface area contributed by atoms with Crippen molar-refractivity contribution < 1.29 is 14.3 Å². The Morgan fingerprint density at radius 2 is 2.11 bits per heavy atom. The van der Waals surface area contributed by atoms with Crippen LogP contribution in [0.1, 0.15) is 13.3 Å². The van der Waals surface area contributed by atoms with Crippen LogP contribution in [0.5, 0.6) is 0 Å². The van der Waals surface area contributed by atoms with E-state index in [1.165, 1.54) is 0 Å². The number of anilines is 1. The molecule has 4 nitrogen and oxygen atoms in total. The maximum atomic E-state index is 12.3. The van der Waals surface area contributed by atoms with Crippen molar-refractivity contribution in [3.8, 4) is 0 Å². The topological polar surface area (TPSA) is 46.6 Å². The van der Waals surface area contributed by atoms with Crippen LogP contribution in [-0.2, 0) is 9.53 Å². The first-order valence-electron chi connectivity index (χ1n) is 5.42. The van der Waals surface area contributed by atoms with Crippen LogP contribution >= 0.6 is 22.6 Å². The molecule has 0 aliphatic carbocycles. The fraction of sp³-hybridized carbons (Fsp3) is 0.231. The molecule has 0 aromatic heterocycles. The van der Waals surface area contributed by atoms with E-state index in [0.29, 0.717) is 12.1 Å². The molecule has 0 saturated carbocycles. The number of imide groups is 1. The summed E-state index contributed by atoms with van der Waals surface area (Å²) in [6.07, 6.45) is 1.25. The van der Waals surface area contributed by atoms with Gasteiger partial charge in [-0.1, -0.05) is 18.2 Å². The van der Waals surface area contributed by atoms with Crippen LogP contribution in [0.2, 0.25) is 0 Å². The highest BCUT2D eigenvalue weighted by Gasteiger charge is 2.50. The van der Waals surface area contributed by atoms with Crippen LogP contribution in [0, 0.1) is 3.57 Å². The van der Waals surface area contributed by atoms with E-state index in [1.54, 1.807) is 25.1 Å². The van der Waals surface area contributed by atoms with Crippen LogP contribution in [0.25, 0.3) is 0 Å². The van der Waals surface area contributed by atoms with Gasteiger partial charge in [0.15, 0.2) is 5.60 Å². The Kier molecular flexibility index (Phi) is 3.43. The van der Waals surface area contributed by atoms with Crippen molar-refractivity contribution in [1.29, 1.82) is 0 Å². The minimum absolute atomic E-state index is 0.303. The Bertz CT molecular complexity index is 529. The van der Waals surface area contributed by atoms with Gasteiger partial charge in [-0.2, -0.15) is 0 Å². The number of ether oxygens (including phenoxy) is 1. The molecule has 1 heterocycles. The second kappa shape index (κ2) is 4.72. The van der Waals surface area contributed by atoms with Crippen molar-refractivity contribution in [3.63, 3.8) is 0 Å². The summed E-state index contributed by atoms with van der Waals surface area (Å²) in [5.74, 6) is -0.350. The van der Waals surface area contributed by atoms with E-state index in [2.05, 4.69) is 29.2 Å². The normalized spacial score (nSPS) is 23.1. The number of nitrogens with zero attached hydrogens (tertiary/aromatic N) is 1. The zero-order valence-electron chi connectivity index (χ0n) is 9.85. The number of halogens is 1. The predicted octanol–water partition coefficient (Wildman–Crippen LogP) is 3.11. The number of hydrogen-bond donors (Lipinski definition) is 0. The minimum Gasteiger partial charge on any atom is -0.432 e. The molecule has 1 atom stereocenters. The monoisotopic (exact) mass is 357 g/mol. The molecule has 1 aromatic rings. The number of carbonyl (C=O) groups excluding carboxylic acids is 2. The Balaban J connectivity index is 2.42. The van der Waals surface area contributed by atoms with Crippen LogP contribution < -0.4 is 4.90 Å². The number of benzene rings is 1. The van der Waals surface area contributed by atoms with Gasteiger partial charge in [-0.05, 0) is 41.6 Å². The van der Waals surface area contributed by atoms with Gasteiger partial charge in [0.2, 0.25) is 0 Å². The van der Waals surface area contributed by atoms with E-state index in [9.17, 15) is 9.59 Å². The molecule has 5 heteroatoms.